The maximum Gasteiger partial charge on any atom is 0.136 e. The Balaban J connectivity index is 2.09. The van der Waals surface area contributed by atoms with Gasteiger partial charge in [-0.05, 0) is 24.7 Å². The molecular formula is C9H14O. The van der Waals surface area contributed by atoms with E-state index < -0.39 is 0 Å². The van der Waals surface area contributed by atoms with Crippen molar-refractivity contribution in [2.24, 2.45) is 17.8 Å². The maximum atomic E-state index is 11.1. The van der Waals surface area contributed by atoms with Crippen molar-refractivity contribution in [2.75, 3.05) is 0 Å². The number of rotatable bonds is 1. The van der Waals surface area contributed by atoms with E-state index in [-0.39, 0.29) is 0 Å². The molecule has 2 fully saturated rings. The second-order valence-corrected chi connectivity index (χ2v) is 3.77. The van der Waals surface area contributed by atoms with Crippen LogP contribution in [-0.4, -0.2) is 5.78 Å². The SMILES string of the molecule is CC[C@H]1C[C@H]2C[C@@H]1CC2=O. The summed E-state index contributed by atoms with van der Waals surface area (Å²) in [6.45, 7) is 2.25. The Morgan fingerprint density at radius 3 is 2.70 bits per heavy atom. The first-order valence-corrected chi connectivity index (χ1v) is 4.34. The minimum Gasteiger partial charge on any atom is -0.299 e. The first kappa shape index (κ1) is 6.38. The van der Waals surface area contributed by atoms with Crippen molar-refractivity contribution in [1.82, 2.24) is 0 Å². The van der Waals surface area contributed by atoms with Crippen LogP contribution in [0.15, 0.2) is 0 Å². The van der Waals surface area contributed by atoms with Gasteiger partial charge in [0.2, 0.25) is 0 Å². The highest BCUT2D eigenvalue weighted by Crippen LogP contribution is 2.47. The van der Waals surface area contributed by atoms with E-state index in [9.17, 15) is 4.79 Å². The van der Waals surface area contributed by atoms with Crippen LogP contribution in [0.1, 0.15) is 32.6 Å². The molecule has 2 aliphatic rings. The fourth-order valence-corrected chi connectivity index (χ4v) is 2.65. The molecule has 2 bridgehead atoms. The first-order valence-electron chi connectivity index (χ1n) is 4.34. The molecule has 0 aromatic carbocycles. The zero-order valence-electron chi connectivity index (χ0n) is 6.47. The molecule has 1 heteroatoms. The van der Waals surface area contributed by atoms with Gasteiger partial charge in [-0.15, -0.1) is 0 Å². The molecule has 0 unspecified atom stereocenters. The minimum atomic E-state index is 0.481. The molecule has 0 heterocycles. The molecule has 0 N–H and O–H groups in total. The highest BCUT2D eigenvalue weighted by molar-refractivity contribution is 5.84. The van der Waals surface area contributed by atoms with Gasteiger partial charge >= 0.3 is 0 Å². The number of Topliss-reactive ketones (excluding diaryl/α,β-unsaturated/α-hetero) is 1. The van der Waals surface area contributed by atoms with Gasteiger partial charge in [0.05, 0.1) is 0 Å². The highest BCUT2D eigenvalue weighted by atomic mass is 16.1. The van der Waals surface area contributed by atoms with Gasteiger partial charge in [-0.2, -0.15) is 0 Å². The number of ketones is 1. The number of carbonyl (C=O) groups is 1. The third-order valence-electron chi connectivity index (χ3n) is 3.28. The summed E-state index contributed by atoms with van der Waals surface area (Å²) in [4.78, 5) is 11.1. The Kier molecular flexibility index (Phi) is 1.33. The zero-order valence-corrected chi connectivity index (χ0v) is 6.47. The van der Waals surface area contributed by atoms with Crippen LogP contribution in [0.25, 0.3) is 0 Å². The van der Waals surface area contributed by atoms with Gasteiger partial charge in [0, 0.05) is 12.3 Å². The second-order valence-electron chi connectivity index (χ2n) is 3.77. The molecule has 0 amide bonds. The first-order chi connectivity index (χ1) is 4.81. The number of fused-ring (bicyclic) bond motifs is 2. The Morgan fingerprint density at radius 2 is 2.30 bits per heavy atom. The van der Waals surface area contributed by atoms with Gasteiger partial charge in [0.1, 0.15) is 5.78 Å². The molecule has 0 aromatic heterocycles. The second kappa shape index (κ2) is 2.08. The van der Waals surface area contributed by atoms with Gasteiger partial charge in [0.15, 0.2) is 0 Å². The summed E-state index contributed by atoms with van der Waals surface area (Å²) in [5.74, 6) is 2.70. The predicted molar refractivity (Wildman–Crippen MR) is 39.6 cm³/mol. The zero-order chi connectivity index (χ0) is 7.14. The Hall–Kier alpha value is -0.330. The molecule has 0 aliphatic heterocycles. The Morgan fingerprint density at radius 1 is 1.50 bits per heavy atom. The molecule has 2 aliphatic carbocycles. The van der Waals surface area contributed by atoms with E-state index in [1.165, 1.54) is 19.3 Å². The normalized spacial score (nSPS) is 44.9. The summed E-state index contributed by atoms with van der Waals surface area (Å²) in [5.41, 5.74) is 0. The maximum absolute atomic E-state index is 11.1. The molecule has 3 atom stereocenters. The molecule has 2 saturated carbocycles. The van der Waals surface area contributed by atoms with Crippen molar-refractivity contribution < 1.29 is 4.79 Å². The van der Waals surface area contributed by atoms with Crippen LogP contribution < -0.4 is 0 Å². The largest absolute Gasteiger partial charge is 0.299 e. The van der Waals surface area contributed by atoms with Crippen LogP contribution in [0.5, 0.6) is 0 Å². The third kappa shape index (κ3) is 0.727. The Bertz CT molecular complexity index is 162. The summed E-state index contributed by atoms with van der Waals surface area (Å²) in [7, 11) is 0. The smallest absolute Gasteiger partial charge is 0.136 e. The van der Waals surface area contributed by atoms with Crippen molar-refractivity contribution in [3.05, 3.63) is 0 Å². The van der Waals surface area contributed by atoms with Crippen LogP contribution >= 0.6 is 0 Å². The van der Waals surface area contributed by atoms with E-state index in [4.69, 9.17) is 0 Å². The van der Waals surface area contributed by atoms with Crippen molar-refractivity contribution in [1.29, 1.82) is 0 Å². The van der Waals surface area contributed by atoms with E-state index >= 15 is 0 Å². The molecule has 2 rings (SSSR count). The predicted octanol–water partition coefficient (Wildman–Crippen LogP) is 2.01. The van der Waals surface area contributed by atoms with E-state index in [1.807, 2.05) is 0 Å². The fraction of sp³-hybridized carbons (Fsp3) is 0.889. The van der Waals surface area contributed by atoms with Crippen LogP contribution in [0, 0.1) is 17.8 Å². The number of hydrogen-bond acceptors (Lipinski definition) is 1. The van der Waals surface area contributed by atoms with E-state index in [2.05, 4.69) is 6.92 Å². The minimum absolute atomic E-state index is 0.481. The van der Waals surface area contributed by atoms with Crippen molar-refractivity contribution in [3.63, 3.8) is 0 Å². The molecule has 1 nitrogen and oxygen atoms in total. The third-order valence-corrected chi connectivity index (χ3v) is 3.28. The summed E-state index contributed by atoms with van der Waals surface area (Å²) < 4.78 is 0. The summed E-state index contributed by atoms with van der Waals surface area (Å²) in [5, 5.41) is 0. The summed E-state index contributed by atoms with van der Waals surface area (Å²) in [6, 6.07) is 0. The molecule has 0 saturated heterocycles. The summed E-state index contributed by atoms with van der Waals surface area (Å²) >= 11 is 0. The average Bonchev–Trinajstić information content (AvgIpc) is 2.44. The van der Waals surface area contributed by atoms with Crippen molar-refractivity contribution in [3.8, 4) is 0 Å². The standard InChI is InChI=1S/C9H14O/c1-2-6-3-8-4-7(6)5-9(8)10/h6-8H,2-5H2,1H3/t6-,7+,8-/m0/s1. The van der Waals surface area contributed by atoms with Gasteiger partial charge < -0.3 is 0 Å². The van der Waals surface area contributed by atoms with E-state index in [0.29, 0.717) is 11.7 Å². The molecule has 0 aromatic rings. The van der Waals surface area contributed by atoms with E-state index in [1.54, 1.807) is 0 Å². The lowest BCUT2D eigenvalue weighted by Gasteiger charge is -2.18. The van der Waals surface area contributed by atoms with Crippen LogP contribution in [-0.2, 0) is 4.79 Å². The van der Waals surface area contributed by atoms with Gasteiger partial charge in [0.25, 0.3) is 0 Å². The van der Waals surface area contributed by atoms with Gasteiger partial charge in [-0.1, -0.05) is 13.3 Å². The molecule has 10 heavy (non-hydrogen) atoms. The quantitative estimate of drug-likeness (QED) is 0.541. The van der Waals surface area contributed by atoms with Crippen molar-refractivity contribution in [2.45, 2.75) is 32.6 Å². The average molecular weight is 138 g/mol. The fourth-order valence-electron chi connectivity index (χ4n) is 2.65. The molecule has 0 radical (unpaired) electrons. The number of hydrogen-bond donors (Lipinski definition) is 0. The lowest BCUT2D eigenvalue weighted by molar-refractivity contribution is -0.122. The van der Waals surface area contributed by atoms with Gasteiger partial charge in [-0.3, -0.25) is 4.79 Å². The Labute approximate surface area is 61.8 Å². The molecule has 56 valence electrons. The number of carbonyl (C=O) groups excluding carboxylic acids is 1. The topological polar surface area (TPSA) is 17.1 Å². The van der Waals surface area contributed by atoms with Crippen LogP contribution in [0.3, 0.4) is 0 Å². The lowest BCUT2D eigenvalue weighted by atomic mass is 9.86. The van der Waals surface area contributed by atoms with Crippen LogP contribution in [0.2, 0.25) is 0 Å². The molecular weight excluding hydrogens is 124 g/mol. The summed E-state index contributed by atoms with van der Waals surface area (Å²) in [6.07, 6.45) is 4.62. The van der Waals surface area contributed by atoms with Gasteiger partial charge in [-0.25, -0.2) is 0 Å². The monoisotopic (exact) mass is 138 g/mol. The lowest BCUT2D eigenvalue weighted by Crippen LogP contribution is -2.16. The highest BCUT2D eigenvalue weighted by Gasteiger charge is 2.43. The van der Waals surface area contributed by atoms with Crippen LogP contribution in [0.4, 0.5) is 0 Å². The van der Waals surface area contributed by atoms with Crippen molar-refractivity contribution >= 4 is 5.78 Å². The van der Waals surface area contributed by atoms with E-state index in [0.717, 1.165) is 18.3 Å². The molecule has 0 spiro atoms.